The van der Waals surface area contributed by atoms with E-state index in [-0.39, 0.29) is 23.3 Å². The number of fused-ring (bicyclic) bond motifs is 1. The molecule has 1 amide bonds. The predicted molar refractivity (Wildman–Crippen MR) is 116 cm³/mol. The van der Waals surface area contributed by atoms with Gasteiger partial charge >= 0.3 is 0 Å². The van der Waals surface area contributed by atoms with Crippen molar-refractivity contribution in [2.24, 2.45) is 0 Å². The second-order valence-electron chi connectivity index (χ2n) is 6.60. The van der Waals surface area contributed by atoms with Crippen LogP contribution < -0.4 is 10.9 Å². The van der Waals surface area contributed by atoms with Crippen LogP contribution in [0.2, 0.25) is 0 Å². The number of aromatic nitrogens is 4. The van der Waals surface area contributed by atoms with E-state index < -0.39 is 0 Å². The molecule has 28 heavy (non-hydrogen) atoms. The van der Waals surface area contributed by atoms with Crippen LogP contribution in [0.5, 0.6) is 0 Å². The molecule has 2 aromatic heterocycles. The summed E-state index contributed by atoms with van der Waals surface area (Å²) in [5, 5.41) is 8.20. The van der Waals surface area contributed by atoms with Crippen LogP contribution in [0.15, 0.2) is 44.9 Å². The summed E-state index contributed by atoms with van der Waals surface area (Å²) in [6.07, 6.45) is 2.46. The average molecular weight is 464 g/mol. The number of hydrogen-bond donors (Lipinski definition) is 1. The zero-order valence-corrected chi connectivity index (χ0v) is 18.4. The van der Waals surface area contributed by atoms with Gasteiger partial charge in [-0.3, -0.25) is 14.2 Å². The summed E-state index contributed by atoms with van der Waals surface area (Å²) in [6.45, 7) is 6.56. The van der Waals surface area contributed by atoms with Crippen LogP contribution in [0.3, 0.4) is 0 Å². The largest absolute Gasteiger partial charge is 0.310 e. The number of rotatable bonds is 7. The van der Waals surface area contributed by atoms with Crippen molar-refractivity contribution in [3.05, 3.63) is 45.3 Å². The Morgan fingerprint density at radius 3 is 2.82 bits per heavy atom. The van der Waals surface area contributed by atoms with Crippen molar-refractivity contribution in [3.63, 3.8) is 0 Å². The highest BCUT2D eigenvalue weighted by molar-refractivity contribution is 9.10. The van der Waals surface area contributed by atoms with Crippen molar-refractivity contribution in [2.45, 2.75) is 44.9 Å². The number of thioether (sulfide) groups is 1. The van der Waals surface area contributed by atoms with Gasteiger partial charge in [0.25, 0.3) is 5.56 Å². The number of anilines is 1. The highest BCUT2D eigenvalue weighted by Crippen LogP contribution is 2.21. The van der Waals surface area contributed by atoms with Gasteiger partial charge in [0.1, 0.15) is 5.82 Å². The number of carbonyl (C=O) groups is 1. The maximum absolute atomic E-state index is 12.9. The zero-order chi connectivity index (χ0) is 20.3. The fourth-order valence-electron chi connectivity index (χ4n) is 2.84. The third-order valence-corrected chi connectivity index (χ3v) is 5.56. The average Bonchev–Trinajstić information content (AvgIpc) is 3.11. The van der Waals surface area contributed by atoms with Crippen LogP contribution in [0.1, 0.15) is 33.2 Å². The molecule has 148 valence electrons. The summed E-state index contributed by atoms with van der Waals surface area (Å²) in [4.78, 5) is 29.9. The van der Waals surface area contributed by atoms with Crippen molar-refractivity contribution in [3.8, 4) is 0 Å². The van der Waals surface area contributed by atoms with Crippen LogP contribution in [-0.2, 0) is 11.3 Å². The zero-order valence-electron chi connectivity index (χ0n) is 16.0. The Morgan fingerprint density at radius 2 is 2.11 bits per heavy atom. The van der Waals surface area contributed by atoms with Gasteiger partial charge in [0.05, 0.1) is 22.9 Å². The topological polar surface area (TPSA) is 81.8 Å². The molecule has 3 rings (SSSR count). The first-order valence-corrected chi connectivity index (χ1v) is 10.8. The van der Waals surface area contributed by atoms with Gasteiger partial charge in [-0.1, -0.05) is 34.6 Å². The minimum Gasteiger partial charge on any atom is -0.310 e. The van der Waals surface area contributed by atoms with E-state index in [2.05, 4.69) is 31.3 Å². The van der Waals surface area contributed by atoms with Crippen molar-refractivity contribution >= 4 is 50.3 Å². The Bertz CT molecular complexity index is 1060. The van der Waals surface area contributed by atoms with Crippen LogP contribution in [0.25, 0.3) is 10.9 Å². The fourth-order valence-corrected chi connectivity index (χ4v) is 4.02. The van der Waals surface area contributed by atoms with E-state index in [0.29, 0.717) is 28.4 Å². The van der Waals surface area contributed by atoms with E-state index >= 15 is 0 Å². The summed E-state index contributed by atoms with van der Waals surface area (Å²) in [5.41, 5.74) is 0.537. The molecule has 1 N–H and O–H groups in total. The second kappa shape index (κ2) is 8.91. The molecule has 0 saturated heterocycles. The van der Waals surface area contributed by atoms with E-state index in [1.165, 1.54) is 11.8 Å². The quantitative estimate of drug-likeness (QED) is 0.421. The van der Waals surface area contributed by atoms with Crippen LogP contribution >= 0.6 is 27.7 Å². The molecule has 9 heteroatoms. The molecule has 2 heterocycles. The van der Waals surface area contributed by atoms with Gasteiger partial charge in [-0.05, 0) is 38.5 Å². The highest BCUT2D eigenvalue weighted by atomic mass is 79.9. The molecule has 3 aromatic rings. The molecule has 0 atom stereocenters. The molecule has 0 bridgehead atoms. The molecular weight excluding hydrogens is 442 g/mol. The van der Waals surface area contributed by atoms with Crippen molar-refractivity contribution < 1.29 is 4.79 Å². The number of benzene rings is 1. The van der Waals surface area contributed by atoms with Gasteiger partial charge in [0.2, 0.25) is 5.91 Å². The molecule has 1 aromatic carbocycles. The number of nitrogens with zero attached hydrogens (tertiary/aromatic N) is 4. The Kier molecular flexibility index (Phi) is 6.56. The number of nitrogens with one attached hydrogen (secondary N) is 1. The number of carbonyl (C=O) groups excluding carboxylic acids is 1. The predicted octanol–water partition coefficient (Wildman–Crippen LogP) is 4.08. The SMILES string of the molecule is CCCn1c(SCC(=O)Nc2ccnn2C(C)C)nc2ccc(Br)cc2c1=O. The van der Waals surface area contributed by atoms with Crippen molar-refractivity contribution in [2.75, 3.05) is 11.1 Å². The molecular formula is C19H22BrN5O2S. The molecule has 0 unspecified atom stereocenters. The molecule has 0 fully saturated rings. The summed E-state index contributed by atoms with van der Waals surface area (Å²) >= 11 is 4.66. The molecule has 0 aliphatic heterocycles. The molecule has 0 aliphatic rings. The van der Waals surface area contributed by atoms with Crippen molar-refractivity contribution in [1.29, 1.82) is 0 Å². The molecule has 0 saturated carbocycles. The van der Waals surface area contributed by atoms with E-state index in [1.807, 2.05) is 32.9 Å². The van der Waals surface area contributed by atoms with Gasteiger partial charge in [0, 0.05) is 23.1 Å². The monoisotopic (exact) mass is 463 g/mol. The molecule has 0 radical (unpaired) electrons. The molecule has 0 aliphatic carbocycles. The second-order valence-corrected chi connectivity index (χ2v) is 8.46. The lowest BCUT2D eigenvalue weighted by Gasteiger charge is -2.13. The first kappa shape index (κ1) is 20.6. The summed E-state index contributed by atoms with van der Waals surface area (Å²) in [7, 11) is 0. The summed E-state index contributed by atoms with van der Waals surface area (Å²) in [5.74, 6) is 0.644. The fraction of sp³-hybridized carbons (Fsp3) is 0.368. The Hall–Kier alpha value is -2.13. The minimum atomic E-state index is -0.166. The van der Waals surface area contributed by atoms with Crippen LogP contribution in [0.4, 0.5) is 5.82 Å². The third-order valence-electron chi connectivity index (χ3n) is 4.09. The number of amides is 1. The Balaban J connectivity index is 1.82. The van der Waals surface area contributed by atoms with E-state index in [0.717, 1.165) is 10.9 Å². The Morgan fingerprint density at radius 1 is 1.32 bits per heavy atom. The lowest BCUT2D eigenvalue weighted by atomic mass is 10.2. The smallest absolute Gasteiger partial charge is 0.262 e. The first-order valence-electron chi connectivity index (χ1n) is 9.07. The van der Waals surface area contributed by atoms with E-state index in [4.69, 9.17) is 0 Å². The standard InChI is InChI=1S/C19H22BrN5O2S/c1-4-9-24-18(27)14-10-13(20)5-6-15(14)22-19(24)28-11-17(26)23-16-7-8-21-25(16)12(2)3/h5-8,10,12H,4,9,11H2,1-3H3,(H,23,26). The maximum Gasteiger partial charge on any atom is 0.262 e. The Labute approximate surface area is 175 Å². The summed E-state index contributed by atoms with van der Waals surface area (Å²) in [6, 6.07) is 7.36. The lowest BCUT2D eigenvalue weighted by Crippen LogP contribution is -2.24. The number of halogens is 1. The highest BCUT2D eigenvalue weighted by Gasteiger charge is 2.15. The molecule has 7 nitrogen and oxygen atoms in total. The van der Waals surface area contributed by atoms with Gasteiger partial charge in [-0.25, -0.2) is 9.67 Å². The van der Waals surface area contributed by atoms with Gasteiger partial charge in [-0.2, -0.15) is 5.10 Å². The minimum absolute atomic E-state index is 0.0889. The van der Waals surface area contributed by atoms with E-state index in [9.17, 15) is 9.59 Å². The van der Waals surface area contributed by atoms with Gasteiger partial charge in [0.15, 0.2) is 5.16 Å². The van der Waals surface area contributed by atoms with Crippen LogP contribution in [0, 0.1) is 0 Å². The third kappa shape index (κ3) is 4.47. The summed E-state index contributed by atoms with van der Waals surface area (Å²) < 4.78 is 4.23. The number of hydrogen-bond acceptors (Lipinski definition) is 5. The van der Waals surface area contributed by atoms with Gasteiger partial charge in [-0.15, -0.1) is 0 Å². The normalized spacial score (nSPS) is 11.3. The molecule has 0 spiro atoms. The first-order chi connectivity index (χ1) is 13.4. The van der Waals surface area contributed by atoms with Gasteiger partial charge < -0.3 is 5.32 Å². The van der Waals surface area contributed by atoms with Crippen molar-refractivity contribution in [1.82, 2.24) is 19.3 Å². The van der Waals surface area contributed by atoms with Crippen LogP contribution in [-0.4, -0.2) is 31.0 Å². The lowest BCUT2D eigenvalue weighted by molar-refractivity contribution is -0.113. The maximum atomic E-state index is 12.9. The van der Waals surface area contributed by atoms with E-state index in [1.54, 1.807) is 27.6 Å².